The lowest BCUT2D eigenvalue weighted by atomic mass is 10.0. The summed E-state index contributed by atoms with van der Waals surface area (Å²) in [6.45, 7) is 9.26. The predicted molar refractivity (Wildman–Crippen MR) is 84.9 cm³/mol. The van der Waals surface area contributed by atoms with E-state index < -0.39 is 17.5 Å². The lowest BCUT2D eigenvalue weighted by Crippen LogP contribution is -2.25. The largest absolute Gasteiger partial charge is 0.462 e. The maximum absolute atomic E-state index is 12.2. The Hall–Kier alpha value is -1.36. The summed E-state index contributed by atoms with van der Waals surface area (Å²) in [5.74, 6) is -1.05. The topological polar surface area (TPSA) is 52.6 Å². The van der Waals surface area contributed by atoms with E-state index >= 15 is 0 Å². The summed E-state index contributed by atoms with van der Waals surface area (Å²) in [6.07, 6.45) is 0. The van der Waals surface area contributed by atoms with Crippen LogP contribution in [0.2, 0.25) is 0 Å². The van der Waals surface area contributed by atoms with Crippen LogP contribution >= 0.6 is 15.9 Å². The van der Waals surface area contributed by atoms with E-state index in [1.165, 1.54) is 0 Å². The quantitative estimate of drug-likeness (QED) is 0.596. The molecule has 1 atom stereocenters. The third-order valence-electron chi connectivity index (χ3n) is 2.62. The summed E-state index contributed by atoms with van der Waals surface area (Å²) in [4.78, 5) is 24.4. The maximum atomic E-state index is 12.2. The second kappa shape index (κ2) is 7.07. The predicted octanol–water partition coefficient (Wildman–Crippen LogP) is 4.27. The van der Waals surface area contributed by atoms with E-state index in [1.54, 1.807) is 45.9 Å². The van der Waals surface area contributed by atoms with Crippen molar-refractivity contribution in [1.82, 2.24) is 0 Å². The van der Waals surface area contributed by atoms with Gasteiger partial charge in [-0.2, -0.15) is 0 Å². The minimum atomic E-state index is -0.621. The van der Waals surface area contributed by atoms with Crippen LogP contribution in [0.5, 0.6) is 0 Å². The first-order chi connectivity index (χ1) is 9.65. The van der Waals surface area contributed by atoms with Crippen molar-refractivity contribution in [3.05, 3.63) is 34.9 Å². The first-order valence-electron chi connectivity index (χ1n) is 6.84. The number of carbonyl (C=O) groups excluding carboxylic acids is 2. The van der Waals surface area contributed by atoms with E-state index in [2.05, 4.69) is 15.9 Å². The fourth-order valence-corrected chi connectivity index (χ4v) is 1.98. The SMILES string of the molecule is CCOC(=O)c1cc(C(C)Br)ccc1C(=O)OC(C)(C)C. The molecule has 0 aliphatic heterocycles. The average molecular weight is 357 g/mol. The van der Waals surface area contributed by atoms with E-state index in [-0.39, 0.29) is 22.6 Å². The molecule has 0 aromatic heterocycles. The molecule has 0 N–H and O–H groups in total. The number of halogens is 1. The Morgan fingerprint density at radius 1 is 1.19 bits per heavy atom. The fraction of sp³-hybridized carbons (Fsp3) is 0.500. The number of hydrogen-bond donors (Lipinski definition) is 0. The molecule has 0 spiro atoms. The van der Waals surface area contributed by atoms with Crippen molar-refractivity contribution in [2.75, 3.05) is 6.61 Å². The molecule has 116 valence electrons. The van der Waals surface area contributed by atoms with Gasteiger partial charge in [0.05, 0.1) is 17.7 Å². The highest BCUT2D eigenvalue weighted by atomic mass is 79.9. The number of alkyl halides is 1. The lowest BCUT2D eigenvalue weighted by molar-refractivity contribution is 0.00643. The van der Waals surface area contributed by atoms with Crippen LogP contribution in [0.4, 0.5) is 0 Å². The third kappa shape index (κ3) is 5.16. The Labute approximate surface area is 133 Å². The van der Waals surface area contributed by atoms with Gasteiger partial charge in [-0.15, -0.1) is 0 Å². The molecule has 0 radical (unpaired) electrons. The molecule has 1 aromatic carbocycles. The van der Waals surface area contributed by atoms with Gasteiger partial charge >= 0.3 is 11.9 Å². The molecule has 4 nitrogen and oxygen atoms in total. The summed E-state index contributed by atoms with van der Waals surface area (Å²) >= 11 is 3.45. The minimum Gasteiger partial charge on any atom is -0.462 e. The van der Waals surface area contributed by atoms with Crippen LogP contribution in [0, 0.1) is 0 Å². The minimum absolute atomic E-state index is 0.0679. The van der Waals surface area contributed by atoms with E-state index in [4.69, 9.17) is 9.47 Å². The molecule has 1 unspecified atom stereocenters. The lowest BCUT2D eigenvalue weighted by Gasteiger charge is -2.20. The Morgan fingerprint density at radius 2 is 1.81 bits per heavy atom. The van der Waals surface area contributed by atoms with Crippen LogP contribution < -0.4 is 0 Å². The highest BCUT2D eigenvalue weighted by Gasteiger charge is 2.24. The van der Waals surface area contributed by atoms with Gasteiger partial charge < -0.3 is 9.47 Å². The molecule has 0 bridgehead atoms. The van der Waals surface area contributed by atoms with Gasteiger partial charge in [-0.25, -0.2) is 9.59 Å². The van der Waals surface area contributed by atoms with Crippen molar-refractivity contribution in [3.63, 3.8) is 0 Å². The molecule has 21 heavy (non-hydrogen) atoms. The molecule has 1 rings (SSSR count). The molecule has 0 aliphatic carbocycles. The van der Waals surface area contributed by atoms with Crippen LogP contribution in [-0.4, -0.2) is 24.1 Å². The first kappa shape index (κ1) is 17.7. The Bertz CT molecular complexity index is 530. The normalized spacial score (nSPS) is 12.7. The summed E-state index contributed by atoms with van der Waals surface area (Å²) < 4.78 is 10.4. The summed E-state index contributed by atoms with van der Waals surface area (Å²) in [6, 6.07) is 5.06. The van der Waals surface area contributed by atoms with Gasteiger partial charge in [0, 0.05) is 4.83 Å². The molecule has 0 aliphatic rings. The van der Waals surface area contributed by atoms with Crippen molar-refractivity contribution in [3.8, 4) is 0 Å². The highest BCUT2D eigenvalue weighted by molar-refractivity contribution is 9.09. The van der Waals surface area contributed by atoms with Gasteiger partial charge in [-0.3, -0.25) is 0 Å². The van der Waals surface area contributed by atoms with Crippen molar-refractivity contribution >= 4 is 27.9 Å². The molecule has 0 saturated heterocycles. The Balaban J connectivity index is 3.24. The average Bonchev–Trinajstić information content (AvgIpc) is 2.36. The van der Waals surface area contributed by atoms with Crippen molar-refractivity contribution in [1.29, 1.82) is 0 Å². The van der Waals surface area contributed by atoms with Gasteiger partial charge in [-0.1, -0.05) is 22.0 Å². The standard InChI is InChI=1S/C16H21BrO4/c1-6-20-14(18)13-9-11(10(2)17)7-8-12(13)15(19)21-16(3,4)5/h7-10H,6H2,1-5H3. The van der Waals surface area contributed by atoms with Gasteiger partial charge in [-0.05, 0) is 52.3 Å². The molecular weight excluding hydrogens is 336 g/mol. The Morgan fingerprint density at radius 3 is 2.29 bits per heavy atom. The smallest absolute Gasteiger partial charge is 0.339 e. The van der Waals surface area contributed by atoms with Crippen molar-refractivity contribution in [2.24, 2.45) is 0 Å². The zero-order chi connectivity index (χ0) is 16.2. The summed E-state index contributed by atoms with van der Waals surface area (Å²) in [5.41, 5.74) is 0.727. The van der Waals surface area contributed by atoms with Gasteiger partial charge in [0.1, 0.15) is 5.60 Å². The van der Waals surface area contributed by atoms with Crippen LogP contribution in [0.25, 0.3) is 0 Å². The zero-order valence-electron chi connectivity index (χ0n) is 13.0. The molecule has 0 heterocycles. The second-order valence-corrected chi connectivity index (χ2v) is 7.02. The summed E-state index contributed by atoms with van der Waals surface area (Å²) in [5, 5.41) is 0. The first-order valence-corrected chi connectivity index (χ1v) is 7.75. The highest BCUT2D eigenvalue weighted by Crippen LogP contribution is 2.25. The van der Waals surface area contributed by atoms with Crippen LogP contribution in [0.15, 0.2) is 18.2 Å². The monoisotopic (exact) mass is 356 g/mol. The van der Waals surface area contributed by atoms with Gasteiger partial charge in [0.25, 0.3) is 0 Å². The molecule has 0 saturated carbocycles. The van der Waals surface area contributed by atoms with Gasteiger partial charge in [0.2, 0.25) is 0 Å². The number of hydrogen-bond acceptors (Lipinski definition) is 4. The Kier molecular flexibility index (Phi) is 5.96. The van der Waals surface area contributed by atoms with E-state index in [9.17, 15) is 9.59 Å². The number of ether oxygens (including phenoxy) is 2. The van der Waals surface area contributed by atoms with E-state index in [0.29, 0.717) is 0 Å². The number of esters is 2. The maximum Gasteiger partial charge on any atom is 0.339 e. The summed E-state index contributed by atoms with van der Waals surface area (Å²) in [7, 11) is 0. The number of benzene rings is 1. The number of carbonyl (C=O) groups is 2. The van der Waals surface area contributed by atoms with Crippen molar-refractivity contribution in [2.45, 2.75) is 45.0 Å². The fourth-order valence-electron chi connectivity index (χ4n) is 1.70. The van der Waals surface area contributed by atoms with Crippen molar-refractivity contribution < 1.29 is 19.1 Å². The molecule has 0 fully saturated rings. The molecular formula is C16H21BrO4. The molecule has 5 heteroatoms. The van der Waals surface area contributed by atoms with E-state index in [0.717, 1.165) is 5.56 Å². The third-order valence-corrected chi connectivity index (χ3v) is 3.15. The molecule has 1 aromatic rings. The van der Waals surface area contributed by atoms with Crippen LogP contribution in [0.3, 0.4) is 0 Å². The zero-order valence-corrected chi connectivity index (χ0v) is 14.6. The van der Waals surface area contributed by atoms with Crippen LogP contribution in [0.1, 0.15) is 65.7 Å². The second-order valence-electron chi connectivity index (χ2n) is 5.64. The van der Waals surface area contributed by atoms with Crippen LogP contribution in [-0.2, 0) is 9.47 Å². The van der Waals surface area contributed by atoms with E-state index in [1.807, 2.05) is 6.92 Å². The number of rotatable bonds is 4. The molecule has 0 amide bonds. The van der Waals surface area contributed by atoms with Gasteiger partial charge in [0.15, 0.2) is 0 Å².